The van der Waals surface area contributed by atoms with Gasteiger partial charge in [-0.25, -0.2) is 0 Å². The second-order valence-corrected chi connectivity index (χ2v) is 4.52. The molecule has 2 aromatic carbocycles. The maximum absolute atomic E-state index is 9.11. The predicted octanol–water partition coefficient (Wildman–Crippen LogP) is 3.48. The lowest BCUT2D eigenvalue weighted by Gasteiger charge is -2.20. The highest BCUT2D eigenvalue weighted by atomic mass is 16.4. The molecule has 3 rings (SSSR count). The van der Waals surface area contributed by atoms with Gasteiger partial charge in [0.2, 0.25) is 0 Å². The van der Waals surface area contributed by atoms with Gasteiger partial charge in [-0.15, -0.1) is 0 Å². The van der Waals surface area contributed by atoms with Gasteiger partial charge in [0.05, 0.1) is 12.3 Å². The SMILES string of the molecule is CCN(c1nc(CO)co1)c1cccc2ccccc12. The van der Waals surface area contributed by atoms with Crippen LogP contribution in [0.4, 0.5) is 11.7 Å². The van der Waals surface area contributed by atoms with Crippen LogP contribution in [0.2, 0.25) is 0 Å². The van der Waals surface area contributed by atoms with Crippen molar-refractivity contribution < 1.29 is 9.52 Å². The summed E-state index contributed by atoms with van der Waals surface area (Å²) in [4.78, 5) is 6.29. The fourth-order valence-electron chi connectivity index (χ4n) is 2.35. The van der Waals surface area contributed by atoms with E-state index < -0.39 is 0 Å². The number of nitrogens with zero attached hydrogens (tertiary/aromatic N) is 2. The first kappa shape index (κ1) is 12.7. The molecule has 0 bridgehead atoms. The van der Waals surface area contributed by atoms with E-state index in [1.54, 1.807) is 0 Å². The first-order valence-corrected chi connectivity index (χ1v) is 6.64. The Morgan fingerprint density at radius 1 is 1.15 bits per heavy atom. The summed E-state index contributed by atoms with van der Waals surface area (Å²) in [6.45, 7) is 2.67. The van der Waals surface area contributed by atoms with Gasteiger partial charge < -0.3 is 9.52 Å². The molecule has 0 amide bonds. The van der Waals surface area contributed by atoms with E-state index >= 15 is 0 Å². The van der Waals surface area contributed by atoms with Crippen molar-refractivity contribution in [3.05, 3.63) is 54.4 Å². The third-order valence-corrected chi connectivity index (χ3v) is 3.31. The molecule has 1 aromatic heterocycles. The maximum Gasteiger partial charge on any atom is 0.302 e. The molecule has 102 valence electrons. The average Bonchev–Trinajstić information content (AvgIpc) is 2.97. The predicted molar refractivity (Wildman–Crippen MR) is 79.1 cm³/mol. The zero-order chi connectivity index (χ0) is 13.9. The molecular weight excluding hydrogens is 252 g/mol. The maximum atomic E-state index is 9.11. The van der Waals surface area contributed by atoms with Gasteiger partial charge in [0, 0.05) is 11.9 Å². The second-order valence-electron chi connectivity index (χ2n) is 4.52. The Labute approximate surface area is 117 Å². The highest BCUT2D eigenvalue weighted by Crippen LogP contribution is 2.31. The van der Waals surface area contributed by atoms with E-state index in [4.69, 9.17) is 9.52 Å². The van der Waals surface area contributed by atoms with Crippen LogP contribution in [0, 0.1) is 0 Å². The zero-order valence-electron chi connectivity index (χ0n) is 11.3. The van der Waals surface area contributed by atoms with Gasteiger partial charge in [-0.3, -0.25) is 4.90 Å². The molecule has 1 N–H and O–H groups in total. The number of hydrogen-bond donors (Lipinski definition) is 1. The minimum Gasteiger partial charge on any atom is -0.431 e. The summed E-state index contributed by atoms with van der Waals surface area (Å²) in [6, 6.07) is 14.9. The number of rotatable bonds is 4. The number of aliphatic hydroxyl groups excluding tert-OH is 1. The summed E-state index contributed by atoms with van der Waals surface area (Å²) in [6.07, 6.45) is 1.49. The van der Waals surface area contributed by atoms with Gasteiger partial charge >= 0.3 is 6.01 Å². The summed E-state index contributed by atoms with van der Waals surface area (Å²) >= 11 is 0. The highest BCUT2D eigenvalue weighted by Gasteiger charge is 2.15. The molecule has 0 atom stereocenters. The van der Waals surface area contributed by atoms with Gasteiger partial charge in [0.15, 0.2) is 0 Å². The van der Waals surface area contributed by atoms with Crippen molar-refractivity contribution in [1.82, 2.24) is 4.98 Å². The first-order valence-electron chi connectivity index (χ1n) is 6.64. The van der Waals surface area contributed by atoms with Crippen molar-refractivity contribution in [2.45, 2.75) is 13.5 Å². The van der Waals surface area contributed by atoms with Gasteiger partial charge in [-0.2, -0.15) is 4.98 Å². The van der Waals surface area contributed by atoms with Gasteiger partial charge in [0.25, 0.3) is 0 Å². The Kier molecular flexibility index (Phi) is 3.39. The Bertz CT molecular complexity index is 716. The number of anilines is 2. The van der Waals surface area contributed by atoms with Crippen LogP contribution < -0.4 is 4.90 Å². The molecule has 0 aliphatic heterocycles. The topological polar surface area (TPSA) is 49.5 Å². The lowest BCUT2D eigenvalue weighted by molar-refractivity contribution is 0.276. The molecule has 0 aliphatic carbocycles. The van der Waals surface area contributed by atoms with E-state index in [0.717, 1.165) is 17.6 Å². The summed E-state index contributed by atoms with van der Waals surface area (Å²) in [7, 11) is 0. The molecule has 4 heteroatoms. The molecule has 0 radical (unpaired) electrons. The number of hydrogen-bond acceptors (Lipinski definition) is 4. The number of aromatic nitrogens is 1. The third kappa shape index (κ3) is 2.14. The first-order chi connectivity index (χ1) is 9.83. The van der Waals surface area contributed by atoms with E-state index in [-0.39, 0.29) is 6.61 Å². The number of oxazole rings is 1. The molecule has 0 fully saturated rings. The molecule has 4 nitrogen and oxygen atoms in total. The van der Waals surface area contributed by atoms with Gasteiger partial charge in [-0.05, 0) is 18.4 Å². The van der Waals surface area contributed by atoms with Gasteiger partial charge in [-0.1, -0.05) is 36.4 Å². The van der Waals surface area contributed by atoms with Crippen LogP contribution in [-0.2, 0) is 6.61 Å². The van der Waals surface area contributed by atoms with Gasteiger partial charge in [0.1, 0.15) is 12.0 Å². The quantitative estimate of drug-likeness (QED) is 0.787. The van der Waals surface area contributed by atoms with Crippen LogP contribution in [0.5, 0.6) is 0 Å². The Morgan fingerprint density at radius 2 is 1.95 bits per heavy atom. The Balaban J connectivity index is 2.11. The van der Waals surface area contributed by atoms with E-state index in [1.165, 1.54) is 11.6 Å². The van der Waals surface area contributed by atoms with Crippen molar-refractivity contribution in [3.8, 4) is 0 Å². The molecule has 0 unspecified atom stereocenters. The fraction of sp³-hybridized carbons (Fsp3) is 0.188. The van der Waals surface area contributed by atoms with Crippen molar-refractivity contribution in [3.63, 3.8) is 0 Å². The van der Waals surface area contributed by atoms with E-state index in [9.17, 15) is 0 Å². The van der Waals surface area contributed by atoms with E-state index in [1.807, 2.05) is 30.0 Å². The monoisotopic (exact) mass is 268 g/mol. The van der Waals surface area contributed by atoms with E-state index in [2.05, 4.69) is 29.2 Å². The lowest BCUT2D eigenvalue weighted by atomic mass is 10.1. The summed E-state index contributed by atoms with van der Waals surface area (Å²) < 4.78 is 5.47. The van der Waals surface area contributed by atoms with Crippen molar-refractivity contribution in [2.75, 3.05) is 11.4 Å². The molecule has 3 aromatic rings. The fourth-order valence-corrected chi connectivity index (χ4v) is 2.35. The standard InChI is InChI=1S/C16H16N2O2/c1-2-18(16-17-13(10-19)11-20-16)15-9-5-7-12-6-3-4-8-14(12)15/h3-9,11,19H,2,10H2,1H3. The largest absolute Gasteiger partial charge is 0.431 e. The van der Waals surface area contributed by atoms with Crippen LogP contribution in [-0.4, -0.2) is 16.6 Å². The Morgan fingerprint density at radius 3 is 2.70 bits per heavy atom. The number of aliphatic hydroxyl groups is 1. The van der Waals surface area contributed by atoms with Crippen LogP contribution >= 0.6 is 0 Å². The number of benzene rings is 2. The molecule has 0 aliphatic rings. The smallest absolute Gasteiger partial charge is 0.302 e. The highest BCUT2D eigenvalue weighted by molar-refractivity contribution is 5.95. The number of fused-ring (bicyclic) bond motifs is 1. The van der Waals surface area contributed by atoms with Crippen LogP contribution in [0.15, 0.2) is 53.1 Å². The summed E-state index contributed by atoms with van der Waals surface area (Å²) in [5.41, 5.74) is 1.59. The normalized spacial score (nSPS) is 10.9. The minimum absolute atomic E-state index is 0.114. The molecule has 0 saturated heterocycles. The summed E-state index contributed by atoms with van der Waals surface area (Å²) in [5.74, 6) is 0. The minimum atomic E-state index is -0.114. The van der Waals surface area contributed by atoms with E-state index in [0.29, 0.717) is 11.7 Å². The Hall–Kier alpha value is -2.33. The van der Waals surface area contributed by atoms with Crippen molar-refractivity contribution >= 4 is 22.5 Å². The summed E-state index contributed by atoms with van der Waals surface area (Å²) in [5, 5.41) is 11.4. The molecular formula is C16H16N2O2. The van der Waals surface area contributed by atoms with Crippen LogP contribution in [0.1, 0.15) is 12.6 Å². The van der Waals surface area contributed by atoms with Crippen molar-refractivity contribution in [2.24, 2.45) is 0 Å². The zero-order valence-corrected chi connectivity index (χ0v) is 11.3. The second kappa shape index (κ2) is 5.35. The average molecular weight is 268 g/mol. The van der Waals surface area contributed by atoms with Crippen LogP contribution in [0.25, 0.3) is 10.8 Å². The van der Waals surface area contributed by atoms with Crippen molar-refractivity contribution in [1.29, 1.82) is 0 Å². The molecule has 0 spiro atoms. The molecule has 1 heterocycles. The third-order valence-electron chi connectivity index (χ3n) is 3.31. The lowest BCUT2D eigenvalue weighted by Crippen LogP contribution is -2.16. The molecule has 20 heavy (non-hydrogen) atoms. The van der Waals surface area contributed by atoms with Crippen LogP contribution in [0.3, 0.4) is 0 Å². The molecule has 0 saturated carbocycles.